The van der Waals surface area contributed by atoms with E-state index in [1.807, 2.05) is 67.6 Å². The van der Waals surface area contributed by atoms with E-state index in [1.54, 1.807) is 12.1 Å². The second kappa shape index (κ2) is 12.0. The molecule has 4 rings (SSSR count). The van der Waals surface area contributed by atoms with Crippen molar-refractivity contribution < 1.29 is 8.42 Å². The Labute approximate surface area is 222 Å². The smallest absolute Gasteiger partial charge is 0.241 e. The number of sulfonamides is 1. The van der Waals surface area contributed by atoms with E-state index in [9.17, 15) is 8.42 Å². The summed E-state index contributed by atoms with van der Waals surface area (Å²) in [7, 11) is -3.76. The number of nitrogens with one attached hydrogen (secondary N) is 2. The molecule has 0 aromatic heterocycles. The van der Waals surface area contributed by atoms with Crippen LogP contribution in [0.5, 0.6) is 0 Å². The van der Waals surface area contributed by atoms with Crippen LogP contribution in [0.1, 0.15) is 61.9 Å². The average Bonchev–Trinajstić information content (AvgIpc) is 2.90. The number of hydrogen-bond acceptors (Lipinski definition) is 3. The van der Waals surface area contributed by atoms with Gasteiger partial charge < -0.3 is 5.32 Å². The molecule has 194 valence electrons. The molecule has 0 spiro atoms. The summed E-state index contributed by atoms with van der Waals surface area (Å²) in [5, 5.41) is 3.78. The summed E-state index contributed by atoms with van der Waals surface area (Å²) in [5.74, 6) is 0. The standard InChI is InChI=1S/C32H38N2O2S/c1-25-19-21-29(22-20-25)37(35,36)34-31(28-17-11-6-12-18-28)30(27-15-9-5-10-16-27)33-24-32(2,3)23-26-13-7-4-8-14-26/h4-7,9-12,14-22,30-31,33-34H,8,13,23-24H2,1-3H3/t30-,31-/m1/s1. The van der Waals surface area contributed by atoms with Crippen molar-refractivity contribution in [3.8, 4) is 0 Å². The zero-order chi connectivity index (χ0) is 26.3. The van der Waals surface area contributed by atoms with E-state index in [1.165, 1.54) is 5.57 Å². The molecular weight excluding hydrogens is 476 g/mol. The van der Waals surface area contributed by atoms with Gasteiger partial charge in [-0.3, -0.25) is 0 Å². The van der Waals surface area contributed by atoms with Crippen molar-refractivity contribution in [3.63, 3.8) is 0 Å². The number of rotatable bonds is 11. The zero-order valence-electron chi connectivity index (χ0n) is 22.0. The maximum Gasteiger partial charge on any atom is 0.241 e. The molecule has 37 heavy (non-hydrogen) atoms. The Balaban J connectivity index is 1.66. The van der Waals surface area contributed by atoms with E-state index >= 15 is 0 Å². The molecule has 0 saturated heterocycles. The lowest BCUT2D eigenvalue weighted by molar-refractivity contribution is 0.297. The monoisotopic (exact) mass is 514 g/mol. The third kappa shape index (κ3) is 7.51. The van der Waals surface area contributed by atoms with E-state index in [2.05, 4.69) is 54.2 Å². The minimum atomic E-state index is -3.76. The van der Waals surface area contributed by atoms with Crippen LogP contribution in [0.4, 0.5) is 0 Å². The lowest BCUT2D eigenvalue weighted by Gasteiger charge is -2.34. The molecule has 0 bridgehead atoms. The van der Waals surface area contributed by atoms with Gasteiger partial charge in [-0.05, 0) is 54.9 Å². The van der Waals surface area contributed by atoms with Crippen molar-refractivity contribution in [3.05, 3.63) is 125 Å². The highest BCUT2D eigenvalue weighted by atomic mass is 32.2. The van der Waals surface area contributed by atoms with Crippen LogP contribution in [0, 0.1) is 12.3 Å². The maximum absolute atomic E-state index is 13.6. The Morgan fingerprint density at radius 2 is 1.41 bits per heavy atom. The van der Waals surface area contributed by atoms with E-state index < -0.39 is 16.1 Å². The number of allylic oxidation sites excluding steroid dienone is 4. The molecule has 3 aromatic rings. The molecular formula is C32H38N2O2S. The van der Waals surface area contributed by atoms with Crippen LogP contribution in [-0.2, 0) is 10.0 Å². The van der Waals surface area contributed by atoms with Crippen LogP contribution in [0.15, 0.2) is 114 Å². The fraction of sp³-hybridized carbons (Fsp3) is 0.312. The average molecular weight is 515 g/mol. The van der Waals surface area contributed by atoms with Gasteiger partial charge in [0.1, 0.15) is 0 Å². The van der Waals surface area contributed by atoms with Crippen molar-refractivity contribution in [2.75, 3.05) is 6.54 Å². The Kier molecular flexibility index (Phi) is 8.80. The molecule has 0 saturated carbocycles. The molecule has 0 radical (unpaired) electrons. The maximum atomic E-state index is 13.6. The summed E-state index contributed by atoms with van der Waals surface area (Å²) < 4.78 is 30.2. The lowest BCUT2D eigenvalue weighted by atomic mass is 9.82. The number of hydrogen-bond donors (Lipinski definition) is 2. The minimum Gasteiger partial charge on any atom is -0.308 e. The van der Waals surface area contributed by atoms with Crippen molar-refractivity contribution in [2.24, 2.45) is 5.41 Å². The summed E-state index contributed by atoms with van der Waals surface area (Å²) in [5.41, 5.74) is 4.44. The molecule has 1 aliphatic carbocycles. The molecule has 0 fully saturated rings. The predicted molar refractivity (Wildman–Crippen MR) is 153 cm³/mol. The van der Waals surface area contributed by atoms with Gasteiger partial charge >= 0.3 is 0 Å². The quantitative estimate of drug-likeness (QED) is 0.270. The van der Waals surface area contributed by atoms with Gasteiger partial charge in [0.05, 0.1) is 17.0 Å². The highest BCUT2D eigenvalue weighted by Gasteiger charge is 2.31. The summed E-state index contributed by atoms with van der Waals surface area (Å²) in [6.45, 7) is 7.24. The fourth-order valence-electron chi connectivity index (χ4n) is 4.89. The summed E-state index contributed by atoms with van der Waals surface area (Å²) >= 11 is 0. The van der Waals surface area contributed by atoms with Crippen LogP contribution in [0.2, 0.25) is 0 Å². The molecule has 1 aliphatic rings. The third-order valence-electron chi connectivity index (χ3n) is 6.86. The second-order valence-corrected chi connectivity index (χ2v) is 12.4. The van der Waals surface area contributed by atoms with Crippen molar-refractivity contribution >= 4 is 10.0 Å². The first-order chi connectivity index (χ1) is 17.7. The van der Waals surface area contributed by atoms with Crippen LogP contribution in [0.3, 0.4) is 0 Å². The topological polar surface area (TPSA) is 58.2 Å². The molecule has 5 heteroatoms. The molecule has 2 atom stereocenters. The highest BCUT2D eigenvalue weighted by molar-refractivity contribution is 7.89. The zero-order valence-corrected chi connectivity index (χ0v) is 22.8. The van der Waals surface area contributed by atoms with Crippen LogP contribution in [0.25, 0.3) is 0 Å². The van der Waals surface area contributed by atoms with Crippen LogP contribution >= 0.6 is 0 Å². The van der Waals surface area contributed by atoms with Gasteiger partial charge in [-0.2, -0.15) is 0 Å². The van der Waals surface area contributed by atoms with E-state index in [0.717, 1.165) is 42.5 Å². The van der Waals surface area contributed by atoms with Gasteiger partial charge in [0.25, 0.3) is 0 Å². The predicted octanol–water partition coefficient (Wildman–Crippen LogP) is 7.04. The minimum absolute atomic E-state index is 0.00110. The third-order valence-corrected chi connectivity index (χ3v) is 8.32. The Bertz CT molecular complexity index is 1310. The van der Waals surface area contributed by atoms with Gasteiger partial charge in [-0.15, -0.1) is 0 Å². The number of aryl methyl sites for hydroxylation is 1. The summed E-state index contributed by atoms with van der Waals surface area (Å²) in [4.78, 5) is 0.267. The Morgan fingerprint density at radius 3 is 1.97 bits per heavy atom. The van der Waals surface area contributed by atoms with E-state index in [0.29, 0.717) is 0 Å². The van der Waals surface area contributed by atoms with E-state index in [4.69, 9.17) is 0 Å². The van der Waals surface area contributed by atoms with Crippen molar-refractivity contribution in [1.82, 2.24) is 10.0 Å². The van der Waals surface area contributed by atoms with Crippen molar-refractivity contribution in [1.29, 1.82) is 0 Å². The first kappa shape index (κ1) is 27.1. The molecule has 0 heterocycles. The normalized spacial score (nSPS) is 15.7. The Hall–Kier alpha value is -2.99. The molecule has 2 N–H and O–H groups in total. The molecule has 3 aromatic carbocycles. The highest BCUT2D eigenvalue weighted by Crippen LogP contribution is 2.34. The lowest BCUT2D eigenvalue weighted by Crippen LogP contribution is -2.41. The SMILES string of the molecule is Cc1ccc(S(=O)(=O)N[C@H](c2ccccc2)[C@H](NCC(C)(C)CC2=CCC=CC2)c2ccccc2)cc1. The second-order valence-electron chi connectivity index (χ2n) is 10.7. The van der Waals surface area contributed by atoms with Crippen LogP contribution < -0.4 is 10.0 Å². The first-order valence-corrected chi connectivity index (χ1v) is 14.5. The van der Waals surface area contributed by atoms with Gasteiger partial charge in [0.2, 0.25) is 10.0 Å². The van der Waals surface area contributed by atoms with Gasteiger partial charge in [0, 0.05) is 6.54 Å². The van der Waals surface area contributed by atoms with Gasteiger partial charge in [-0.25, -0.2) is 13.1 Å². The fourth-order valence-corrected chi connectivity index (χ4v) is 6.12. The van der Waals surface area contributed by atoms with Crippen molar-refractivity contribution in [2.45, 2.75) is 57.0 Å². The summed E-state index contributed by atoms with van der Waals surface area (Å²) in [6.07, 6.45) is 9.80. The molecule has 0 unspecified atom stereocenters. The number of benzene rings is 3. The first-order valence-electron chi connectivity index (χ1n) is 13.0. The summed E-state index contributed by atoms with van der Waals surface area (Å²) in [6, 6.07) is 26.2. The van der Waals surface area contributed by atoms with Gasteiger partial charge in [-0.1, -0.05) is 116 Å². The molecule has 4 nitrogen and oxygen atoms in total. The van der Waals surface area contributed by atoms with Gasteiger partial charge in [0.15, 0.2) is 0 Å². The Morgan fingerprint density at radius 1 is 0.811 bits per heavy atom. The molecule has 0 amide bonds. The van der Waals surface area contributed by atoms with Crippen LogP contribution in [-0.4, -0.2) is 15.0 Å². The molecule has 0 aliphatic heterocycles. The van der Waals surface area contributed by atoms with E-state index in [-0.39, 0.29) is 16.4 Å². The largest absolute Gasteiger partial charge is 0.308 e.